The van der Waals surface area contributed by atoms with Crippen LogP contribution in [0.5, 0.6) is 0 Å². The Morgan fingerprint density at radius 2 is 1.85 bits per heavy atom. The van der Waals surface area contributed by atoms with Gasteiger partial charge >= 0.3 is 0 Å². The summed E-state index contributed by atoms with van der Waals surface area (Å²) in [5.41, 5.74) is 0.851. The molecule has 0 heterocycles. The molecule has 20 heavy (non-hydrogen) atoms. The van der Waals surface area contributed by atoms with Crippen LogP contribution in [0.3, 0.4) is 0 Å². The van der Waals surface area contributed by atoms with Gasteiger partial charge in [0, 0.05) is 19.7 Å². The van der Waals surface area contributed by atoms with Crippen LogP contribution in [0.2, 0.25) is 0 Å². The van der Waals surface area contributed by atoms with Crippen molar-refractivity contribution in [1.82, 2.24) is 5.32 Å². The summed E-state index contributed by atoms with van der Waals surface area (Å²) in [4.78, 5) is 0.134. The first-order valence-electron chi connectivity index (χ1n) is 6.54. The minimum Gasteiger partial charge on any atom is -0.379 e. The summed E-state index contributed by atoms with van der Waals surface area (Å²) in [5.74, 6) is 0. The summed E-state index contributed by atoms with van der Waals surface area (Å²) in [6.07, 6.45) is 0.888. The summed E-state index contributed by atoms with van der Waals surface area (Å²) in [6, 6.07) is 6.87. The molecule has 0 saturated carbocycles. The predicted octanol–water partition coefficient (Wildman–Crippen LogP) is 1.63. The van der Waals surface area contributed by atoms with Gasteiger partial charge in [0.25, 0.3) is 0 Å². The van der Waals surface area contributed by atoms with Crippen molar-refractivity contribution in [3.63, 3.8) is 0 Å². The first-order valence-corrected chi connectivity index (χ1v) is 8.09. The third kappa shape index (κ3) is 5.58. The Hall–Kier alpha value is -0.950. The van der Waals surface area contributed by atoms with Crippen molar-refractivity contribution in [2.75, 3.05) is 7.11 Å². The Morgan fingerprint density at radius 3 is 2.30 bits per heavy atom. The zero-order valence-electron chi connectivity index (χ0n) is 12.5. The van der Waals surface area contributed by atoms with Crippen LogP contribution in [-0.4, -0.2) is 27.2 Å². The maximum atomic E-state index is 11.1. The molecule has 0 aliphatic carbocycles. The van der Waals surface area contributed by atoms with Gasteiger partial charge in [0.2, 0.25) is 10.0 Å². The molecule has 0 amide bonds. The highest BCUT2D eigenvalue weighted by molar-refractivity contribution is 7.89. The highest BCUT2D eigenvalue weighted by Gasteiger charge is 2.19. The average Bonchev–Trinajstić information content (AvgIpc) is 2.35. The molecule has 1 rings (SSSR count). The molecule has 0 saturated heterocycles. The lowest BCUT2D eigenvalue weighted by Gasteiger charge is -2.27. The fourth-order valence-electron chi connectivity index (χ4n) is 1.98. The molecule has 0 aliphatic rings. The molecule has 0 aromatic heterocycles. The molecule has 0 radical (unpaired) electrons. The van der Waals surface area contributed by atoms with Crippen molar-refractivity contribution in [2.24, 2.45) is 5.14 Å². The molecule has 0 fully saturated rings. The highest BCUT2D eigenvalue weighted by Crippen LogP contribution is 2.16. The number of nitrogens with one attached hydrogen (secondary N) is 1. The van der Waals surface area contributed by atoms with Crippen LogP contribution in [0.25, 0.3) is 0 Å². The number of hydrogen-bond acceptors (Lipinski definition) is 4. The number of methoxy groups -OCH3 is 1. The summed E-state index contributed by atoms with van der Waals surface area (Å²) >= 11 is 0. The van der Waals surface area contributed by atoms with Gasteiger partial charge in [0.1, 0.15) is 0 Å². The molecule has 1 aromatic carbocycles. The first kappa shape index (κ1) is 17.1. The lowest BCUT2D eigenvalue weighted by atomic mass is 10.00. The zero-order chi connectivity index (χ0) is 15.4. The van der Waals surface area contributed by atoms with Gasteiger partial charge in [0.15, 0.2) is 0 Å². The SMILES string of the molecule is COC(C)(C)CC(C)NCc1ccc(S(N)(=O)=O)cc1. The van der Waals surface area contributed by atoms with Gasteiger partial charge in [-0.25, -0.2) is 13.6 Å². The van der Waals surface area contributed by atoms with Crippen molar-refractivity contribution < 1.29 is 13.2 Å². The molecular weight excluding hydrogens is 276 g/mol. The van der Waals surface area contributed by atoms with Crippen LogP contribution in [0.1, 0.15) is 32.8 Å². The van der Waals surface area contributed by atoms with Gasteiger partial charge in [-0.2, -0.15) is 0 Å². The van der Waals surface area contributed by atoms with Gasteiger partial charge in [0.05, 0.1) is 10.5 Å². The molecule has 1 atom stereocenters. The fourth-order valence-corrected chi connectivity index (χ4v) is 2.50. The maximum Gasteiger partial charge on any atom is 0.238 e. The van der Waals surface area contributed by atoms with Crippen molar-refractivity contribution in [2.45, 2.75) is 50.3 Å². The Labute approximate surface area is 121 Å². The Balaban J connectivity index is 2.54. The summed E-state index contributed by atoms with van der Waals surface area (Å²) in [6.45, 7) is 6.86. The lowest BCUT2D eigenvalue weighted by molar-refractivity contribution is 0.00844. The van der Waals surface area contributed by atoms with E-state index in [1.807, 2.05) is 13.8 Å². The molecule has 1 aromatic rings. The van der Waals surface area contributed by atoms with E-state index in [-0.39, 0.29) is 10.5 Å². The molecule has 0 bridgehead atoms. The third-order valence-corrected chi connectivity index (χ3v) is 4.19. The predicted molar refractivity (Wildman–Crippen MR) is 79.8 cm³/mol. The second-order valence-electron chi connectivity index (χ2n) is 5.64. The van der Waals surface area contributed by atoms with E-state index in [2.05, 4.69) is 12.2 Å². The van der Waals surface area contributed by atoms with Crippen molar-refractivity contribution in [1.29, 1.82) is 0 Å². The second kappa shape index (κ2) is 6.67. The summed E-state index contributed by atoms with van der Waals surface area (Å²) < 4.78 is 27.7. The van der Waals surface area contributed by atoms with Gasteiger partial charge in [-0.1, -0.05) is 12.1 Å². The number of primary sulfonamides is 1. The molecule has 6 heteroatoms. The molecule has 5 nitrogen and oxygen atoms in total. The summed E-state index contributed by atoms with van der Waals surface area (Å²) in [5, 5.41) is 8.44. The molecule has 114 valence electrons. The van der Waals surface area contributed by atoms with Gasteiger partial charge < -0.3 is 10.1 Å². The number of nitrogens with two attached hydrogens (primary N) is 1. The van der Waals surface area contributed by atoms with E-state index in [4.69, 9.17) is 9.88 Å². The molecule has 0 aliphatic heterocycles. The third-order valence-electron chi connectivity index (χ3n) is 3.26. The Morgan fingerprint density at radius 1 is 1.30 bits per heavy atom. The van der Waals surface area contributed by atoms with Crippen LogP contribution in [0.4, 0.5) is 0 Å². The average molecular weight is 300 g/mol. The highest BCUT2D eigenvalue weighted by atomic mass is 32.2. The van der Waals surface area contributed by atoms with Gasteiger partial charge in [-0.15, -0.1) is 0 Å². The topological polar surface area (TPSA) is 81.4 Å². The number of hydrogen-bond donors (Lipinski definition) is 2. The monoisotopic (exact) mass is 300 g/mol. The second-order valence-corrected chi connectivity index (χ2v) is 7.20. The van der Waals surface area contributed by atoms with Crippen molar-refractivity contribution in [3.05, 3.63) is 29.8 Å². The van der Waals surface area contributed by atoms with E-state index >= 15 is 0 Å². The first-order chi connectivity index (χ1) is 9.14. The Kier molecular flexibility index (Phi) is 5.70. The van der Waals surface area contributed by atoms with Crippen molar-refractivity contribution >= 4 is 10.0 Å². The Bertz CT molecular complexity index is 524. The van der Waals surface area contributed by atoms with E-state index < -0.39 is 10.0 Å². The largest absolute Gasteiger partial charge is 0.379 e. The zero-order valence-corrected chi connectivity index (χ0v) is 13.3. The van der Waals surface area contributed by atoms with E-state index in [1.165, 1.54) is 12.1 Å². The van der Waals surface area contributed by atoms with Gasteiger partial charge in [-0.05, 0) is 44.9 Å². The smallest absolute Gasteiger partial charge is 0.238 e. The number of ether oxygens (including phenoxy) is 1. The lowest BCUT2D eigenvalue weighted by Crippen LogP contribution is -2.35. The van der Waals surface area contributed by atoms with E-state index in [0.29, 0.717) is 12.6 Å². The van der Waals surface area contributed by atoms with Crippen molar-refractivity contribution in [3.8, 4) is 0 Å². The number of benzene rings is 1. The van der Waals surface area contributed by atoms with Crippen LogP contribution < -0.4 is 10.5 Å². The molecule has 1 unspecified atom stereocenters. The summed E-state index contributed by atoms with van der Waals surface area (Å²) in [7, 11) is -1.91. The fraction of sp³-hybridized carbons (Fsp3) is 0.571. The number of sulfonamides is 1. The number of rotatable bonds is 7. The van der Waals surface area contributed by atoms with E-state index in [1.54, 1.807) is 19.2 Å². The quantitative estimate of drug-likeness (QED) is 0.802. The van der Waals surface area contributed by atoms with Crippen LogP contribution in [0, 0.1) is 0 Å². The van der Waals surface area contributed by atoms with E-state index in [9.17, 15) is 8.42 Å². The molecule has 3 N–H and O–H groups in total. The molecular formula is C14H24N2O3S. The minimum atomic E-state index is -3.62. The van der Waals surface area contributed by atoms with Crippen LogP contribution >= 0.6 is 0 Å². The normalized spacial score (nSPS) is 14.2. The maximum absolute atomic E-state index is 11.1. The minimum absolute atomic E-state index is 0.134. The van der Waals surface area contributed by atoms with E-state index in [0.717, 1.165) is 12.0 Å². The van der Waals surface area contributed by atoms with Gasteiger partial charge in [-0.3, -0.25) is 0 Å². The van der Waals surface area contributed by atoms with Crippen LogP contribution in [-0.2, 0) is 21.3 Å². The standard InChI is InChI=1S/C14H24N2O3S/c1-11(9-14(2,3)19-4)16-10-12-5-7-13(8-6-12)20(15,17)18/h5-8,11,16H,9-10H2,1-4H3,(H2,15,17,18). The molecule has 0 spiro atoms. The van der Waals surface area contributed by atoms with Crippen LogP contribution in [0.15, 0.2) is 29.2 Å².